The minimum Gasteiger partial charge on any atom is -0.460 e. The van der Waals surface area contributed by atoms with E-state index >= 15 is 0 Å². The van der Waals surface area contributed by atoms with Crippen LogP contribution in [0, 0.1) is 18.8 Å². The number of aryl methyl sites for hydroxylation is 1. The van der Waals surface area contributed by atoms with Crippen molar-refractivity contribution in [1.82, 2.24) is 15.3 Å². The second-order valence-electron chi connectivity index (χ2n) is 5.80. The molecule has 2 amide bonds. The predicted octanol–water partition coefficient (Wildman–Crippen LogP) is 3.22. The van der Waals surface area contributed by atoms with Gasteiger partial charge in [-0.25, -0.2) is 14.6 Å². The normalized spacial score (nSPS) is 9.83. The third kappa shape index (κ3) is 6.16. The number of benzene rings is 1. The number of hydrogen-bond donors (Lipinski definition) is 2. The molecule has 0 atom stereocenters. The van der Waals surface area contributed by atoms with Crippen LogP contribution in [0.3, 0.4) is 0 Å². The molecule has 3 rings (SSSR count). The number of hydrogen-bond acceptors (Lipinski definition) is 6. The summed E-state index contributed by atoms with van der Waals surface area (Å²) >= 11 is 1.29. The van der Waals surface area contributed by atoms with Crippen molar-refractivity contribution in [3.8, 4) is 11.8 Å². The number of rotatable bonds is 5. The number of aromatic nitrogens is 2. The van der Waals surface area contributed by atoms with E-state index in [9.17, 15) is 9.59 Å². The quantitative estimate of drug-likeness (QED) is 0.386. The van der Waals surface area contributed by atoms with Crippen LogP contribution in [0.2, 0.25) is 0 Å². The van der Waals surface area contributed by atoms with Crippen LogP contribution < -0.4 is 10.6 Å². The molecule has 29 heavy (non-hydrogen) atoms. The number of carbonyl (C=O) groups is 2. The lowest BCUT2D eigenvalue weighted by atomic mass is 10.2. The fourth-order valence-corrected chi connectivity index (χ4v) is 3.05. The zero-order valence-electron chi connectivity index (χ0n) is 15.6. The number of pyridine rings is 1. The number of nitrogens with zero attached hydrogens (tertiary/aromatic N) is 2. The summed E-state index contributed by atoms with van der Waals surface area (Å²) in [5, 5.41) is 5.73. The molecule has 0 radical (unpaired) electrons. The van der Waals surface area contributed by atoms with Gasteiger partial charge in [-0.15, -0.1) is 0 Å². The molecule has 3 aromatic rings. The van der Waals surface area contributed by atoms with Crippen LogP contribution in [-0.4, -0.2) is 35.1 Å². The Morgan fingerprint density at radius 3 is 2.62 bits per heavy atom. The highest BCUT2D eigenvalue weighted by Crippen LogP contribution is 2.21. The summed E-state index contributed by atoms with van der Waals surface area (Å²) in [6.45, 7) is 2.09. The molecule has 146 valence electrons. The van der Waals surface area contributed by atoms with Crippen molar-refractivity contribution in [3.63, 3.8) is 0 Å². The van der Waals surface area contributed by atoms with Gasteiger partial charge >= 0.3 is 12.0 Å². The third-order valence-corrected chi connectivity index (χ3v) is 4.64. The molecule has 0 aliphatic heterocycles. The van der Waals surface area contributed by atoms with Crippen molar-refractivity contribution in [2.75, 3.05) is 18.5 Å². The van der Waals surface area contributed by atoms with Gasteiger partial charge in [0.1, 0.15) is 11.5 Å². The molecule has 0 fully saturated rings. The first-order valence-corrected chi connectivity index (χ1v) is 9.60. The Morgan fingerprint density at radius 1 is 1.10 bits per heavy atom. The maximum absolute atomic E-state index is 12.0. The molecule has 0 bridgehead atoms. The summed E-state index contributed by atoms with van der Waals surface area (Å²) < 4.78 is 5.11. The van der Waals surface area contributed by atoms with Crippen molar-refractivity contribution in [3.05, 3.63) is 76.6 Å². The number of nitrogens with one attached hydrogen (secondary N) is 2. The molecular formula is C21H18N4O3S. The molecule has 1 aromatic carbocycles. The molecule has 0 aliphatic carbocycles. The van der Waals surface area contributed by atoms with Gasteiger partial charge in [-0.05, 0) is 37.1 Å². The summed E-state index contributed by atoms with van der Waals surface area (Å²) in [7, 11) is 0. The largest absolute Gasteiger partial charge is 0.460 e. The van der Waals surface area contributed by atoms with Crippen LogP contribution in [0.4, 0.5) is 9.93 Å². The molecule has 0 saturated carbocycles. The molecule has 0 spiro atoms. The second kappa shape index (κ2) is 10.0. The number of ether oxygens (including phenoxy) is 1. The van der Waals surface area contributed by atoms with Crippen LogP contribution in [0.25, 0.3) is 0 Å². The first-order valence-electron chi connectivity index (χ1n) is 8.78. The molecule has 0 saturated heterocycles. The predicted molar refractivity (Wildman–Crippen MR) is 111 cm³/mol. The van der Waals surface area contributed by atoms with Gasteiger partial charge in [0.15, 0.2) is 5.13 Å². The standard InChI is InChI=1S/C21H18N4O3S/c1-15-18(8-7-16-9-11-22-12-10-16)29-21(24-15)25-20(27)23-13-14-28-19(26)17-5-3-2-4-6-17/h2-6,9-12H,13-14H2,1H3,(H2,23,24,25,27). The van der Waals surface area contributed by atoms with Crippen molar-refractivity contribution in [2.45, 2.75) is 6.92 Å². The Hall–Kier alpha value is -3.70. The lowest BCUT2D eigenvalue weighted by Crippen LogP contribution is -2.32. The number of carbonyl (C=O) groups excluding carboxylic acids is 2. The van der Waals surface area contributed by atoms with Gasteiger partial charge < -0.3 is 10.1 Å². The highest BCUT2D eigenvalue weighted by Gasteiger charge is 2.10. The lowest BCUT2D eigenvalue weighted by Gasteiger charge is -2.06. The highest BCUT2D eigenvalue weighted by molar-refractivity contribution is 7.16. The number of thiazole rings is 1. The first kappa shape index (κ1) is 20.0. The van der Waals surface area contributed by atoms with Crippen LogP contribution in [0.1, 0.15) is 26.5 Å². The number of anilines is 1. The van der Waals surface area contributed by atoms with Gasteiger partial charge in [0.05, 0.1) is 17.8 Å². The molecule has 8 heteroatoms. The van der Waals surface area contributed by atoms with Crippen LogP contribution >= 0.6 is 11.3 Å². The maximum atomic E-state index is 12.0. The average molecular weight is 406 g/mol. The lowest BCUT2D eigenvalue weighted by molar-refractivity contribution is 0.0510. The van der Waals surface area contributed by atoms with Gasteiger partial charge in [-0.2, -0.15) is 0 Å². The Labute approximate surface area is 172 Å². The average Bonchev–Trinajstić information content (AvgIpc) is 3.09. The van der Waals surface area contributed by atoms with E-state index < -0.39 is 12.0 Å². The van der Waals surface area contributed by atoms with E-state index in [4.69, 9.17) is 4.74 Å². The SMILES string of the molecule is Cc1nc(NC(=O)NCCOC(=O)c2ccccc2)sc1C#Cc1ccncc1. The fourth-order valence-electron chi connectivity index (χ4n) is 2.24. The Bertz CT molecular complexity index is 1040. The fraction of sp³-hybridized carbons (Fsp3) is 0.143. The van der Waals surface area contributed by atoms with E-state index in [1.807, 2.05) is 25.1 Å². The topological polar surface area (TPSA) is 93.2 Å². The van der Waals surface area contributed by atoms with Gasteiger partial charge in [0.2, 0.25) is 0 Å². The summed E-state index contributed by atoms with van der Waals surface area (Å²) in [5.41, 5.74) is 2.06. The first-order chi connectivity index (χ1) is 14.1. The van der Waals surface area contributed by atoms with Crippen LogP contribution in [-0.2, 0) is 4.74 Å². The number of esters is 1. The zero-order chi connectivity index (χ0) is 20.5. The minimum absolute atomic E-state index is 0.0701. The van der Waals surface area contributed by atoms with Gasteiger partial charge in [-0.1, -0.05) is 35.5 Å². The summed E-state index contributed by atoms with van der Waals surface area (Å²) in [4.78, 5) is 32.8. The van der Waals surface area contributed by atoms with Gasteiger partial charge in [-0.3, -0.25) is 10.3 Å². The van der Waals surface area contributed by atoms with Crippen molar-refractivity contribution >= 4 is 28.5 Å². The van der Waals surface area contributed by atoms with Gasteiger partial charge in [0.25, 0.3) is 0 Å². The van der Waals surface area contributed by atoms with Crippen molar-refractivity contribution in [2.24, 2.45) is 0 Å². The molecule has 0 aliphatic rings. The van der Waals surface area contributed by atoms with Crippen molar-refractivity contribution < 1.29 is 14.3 Å². The zero-order valence-corrected chi connectivity index (χ0v) is 16.5. The summed E-state index contributed by atoms with van der Waals surface area (Å²) in [5.74, 6) is 5.66. The van der Waals surface area contributed by atoms with Crippen LogP contribution in [0.5, 0.6) is 0 Å². The Morgan fingerprint density at radius 2 is 1.86 bits per heavy atom. The minimum atomic E-state index is -0.430. The second-order valence-corrected chi connectivity index (χ2v) is 6.80. The van der Waals surface area contributed by atoms with E-state index in [1.165, 1.54) is 11.3 Å². The van der Waals surface area contributed by atoms with Crippen molar-refractivity contribution in [1.29, 1.82) is 0 Å². The Balaban J connectivity index is 1.45. The summed E-state index contributed by atoms with van der Waals surface area (Å²) in [6, 6.07) is 11.9. The molecular weight excluding hydrogens is 388 g/mol. The molecule has 2 N–H and O–H groups in total. The van der Waals surface area contributed by atoms with E-state index in [2.05, 4.69) is 32.4 Å². The van der Waals surface area contributed by atoms with Gasteiger partial charge in [0, 0.05) is 18.0 Å². The van der Waals surface area contributed by atoms with E-state index in [0.29, 0.717) is 10.7 Å². The van der Waals surface area contributed by atoms with E-state index in [0.717, 1.165) is 16.1 Å². The van der Waals surface area contributed by atoms with E-state index in [1.54, 1.807) is 36.7 Å². The van der Waals surface area contributed by atoms with Crippen LogP contribution in [0.15, 0.2) is 54.9 Å². The number of amides is 2. The molecule has 0 unspecified atom stereocenters. The number of urea groups is 1. The monoisotopic (exact) mass is 406 g/mol. The smallest absolute Gasteiger partial charge is 0.338 e. The molecule has 2 aromatic heterocycles. The van der Waals surface area contributed by atoms with E-state index in [-0.39, 0.29) is 13.2 Å². The highest BCUT2D eigenvalue weighted by atomic mass is 32.1. The summed E-state index contributed by atoms with van der Waals surface area (Å²) in [6.07, 6.45) is 3.36. The maximum Gasteiger partial charge on any atom is 0.338 e. The Kier molecular flexibility index (Phi) is 6.92. The molecule has 2 heterocycles. The third-order valence-electron chi connectivity index (χ3n) is 3.65. The molecule has 7 nitrogen and oxygen atoms in total.